The van der Waals surface area contributed by atoms with Crippen molar-refractivity contribution in [3.8, 4) is 11.6 Å². The SMILES string of the molecule is C[C@@H]1CN(c2nc(-n3ccc(OCCC4(C(F)(F)F)CC4)c3)ccc2C(=O)NS(=O)(=O)c2ccccc2)C(C)(C)C1. The van der Waals surface area contributed by atoms with Crippen LogP contribution in [0.3, 0.4) is 0 Å². The smallest absolute Gasteiger partial charge is 0.394 e. The van der Waals surface area contributed by atoms with E-state index < -0.39 is 27.5 Å². The molecule has 1 aliphatic heterocycles. The first-order chi connectivity index (χ1) is 19.2. The van der Waals surface area contributed by atoms with Gasteiger partial charge < -0.3 is 14.2 Å². The third-order valence-electron chi connectivity index (χ3n) is 7.95. The number of pyridine rings is 1. The predicted molar refractivity (Wildman–Crippen MR) is 148 cm³/mol. The number of nitrogens with zero attached hydrogens (tertiary/aromatic N) is 3. The van der Waals surface area contributed by atoms with E-state index in [9.17, 15) is 26.4 Å². The zero-order chi connectivity index (χ0) is 29.6. The average molecular weight is 591 g/mol. The van der Waals surface area contributed by atoms with Gasteiger partial charge >= 0.3 is 6.18 Å². The number of hydrogen-bond acceptors (Lipinski definition) is 6. The van der Waals surface area contributed by atoms with Crippen LogP contribution in [-0.2, 0) is 10.0 Å². The lowest BCUT2D eigenvalue weighted by molar-refractivity contribution is -0.190. The van der Waals surface area contributed by atoms with E-state index in [2.05, 4.69) is 11.6 Å². The number of aromatic nitrogens is 2. The Balaban J connectivity index is 1.40. The van der Waals surface area contributed by atoms with Crippen LogP contribution in [0.15, 0.2) is 65.8 Å². The predicted octanol–water partition coefficient (Wildman–Crippen LogP) is 5.73. The van der Waals surface area contributed by atoms with E-state index in [1.165, 1.54) is 18.2 Å². The summed E-state index contributed by atoms with van der Waals surface area (Å²) >= 11 is 0. The first-order valence-corrected chi connectivity index (χ1v) is 15.0. The van der Waals surface area contributed by atoms with Gasteiger partial charge in [-0.15, -0.1) is 0 Å². The van der Waals surface area contributed by atoms with Gasteiger partial charge in [-0.3, -0.25) is 4.79 Å². The fourth-order valence-electron chi connectivity index (χ4n) is 5.56. The van der Waals surface area contributed by atoms with E-state index in [1.807, 2.05) is 18.7 Å². The van der Waals surface area contributed by atoms with Crippen molar-refractivity contribution in [2.75, 3.05) is 18.1 Å². The molecule has 3 heterocycles. The van der Waals surface area contributed by atoms with Gasteiger partial charge in [0, 0.05) is 18.3 Å². The Morgan fingerprint density at radius 2 is 1.83 bits per heavy atom. The standard InChI is InChI=1S/C29H33F3N4O4S/c1-20-17-27(2,3)36(18-20)25-23(26(37)34-41(38,39)22-7-5-4-6-8-22)9-10-24(33-25)35-15-11-21(19-35)40-16-14-28(12-13-28)29(30,31)32/h4-11,15,19-20H,12-14,16-18H2,1-3H3,(H,34,37)/t20-/m0/s1. The Morgan fingerprint density at radius 3 is 2.44 bits per heavy atom. The summed E-state index contributed by atoms with van der Waals surface area (Å²) in [5.41, 5.74) is -1.86. The van der Waals surface area contributed by atoms with Gasteiger partial charge in [-0.05, 0) is 75.8 Å². The van der Waals surface area contributed by atoms with Crippen LogP contribution in [0.25, 0.3) is 5.82 Å². The van der Waals surface area contributed by atoms with Crippen molar-refractivity contribution >= 4 is 21.7 Å². The van der Waals surface area contributed by atoms with E-state index in [4.69, 9.17) is 9.72 Å². The molecule has 1 aliphatic carbocycles. The molecule has 3 aromatic rings. The molecule has 0 spiro atoms. The second kappa shape index (κ2) is 10.4. The molecule has 2 aromatic heterocycles. The van der Waals surface area contributed by atoms with Crippen molar-refractivity contribution in [2.45, 2.75) is 63.1 Å². The quantitative estimate of drug-likeness (QED) is 0.342. The minimum atomic E-state index is -4.22. The van der Waals surface area contributed by atoms with E-state index >= 15 is 0 Å². The lowest BCUT2D eigenvalue weighted by Gasteiger charge is -2.34. The lowest BCUT2D eigenvalue weighted by Crippen LogP contribution is -2.41. The molecule has 0 radical (unpaired) electrons. The zero-order valence-electron chi connectivity index (χ0n) is 23.1. The van der Waals surface area contributed by atoms with Gasteiger partial charge in [-0.2, -0.15) is 13.2 Å². The maximum absolute atomic E-state index is 13.4. The summed E-state index contributed by atoms with van der Waals surface area (Å²) in [5.74, 6) is 0.708. The number of alkyl halides is 3. The molecule has 1 saturated carbocycles. The largest absolute Gasteiger partial charge is 0.492 e. The fourth-order valence-corrected chi connectivity index (χ4v) is 6.54. The van der Waals surface area contributed by atoms with Crippen LogP contribution in [-0.4, -0.2) is 48.7 Å². The monoisotopic (exact) mass is 590 g/mol. The summed E-state index contributed by atoms with van der Waals surface area (Å²) in [6.45, 7) is 6.75. The highest BCUT2D eigenvalue weighted by Crippen LogP contribution is 2.59. The van der Waals surface area contributed by atoms with Crippen LogP contribution in [0.4, 0.5) is 19.0 Å². The Kier molecular flexibility index (Phi) is 7.33. The molecule has 0 bridgehead atoms. The summed E-state index contributed by atoms with van der Waals surface area (Å²) in [7, 11) is -4.11. The van der Waals surface area contributed by atoms with E-state index in [1.54, 1.807) is 47.3 Å². The molecule has 2 fully saturated rings. The molecule has 1 saturated heterocycles. The topological polar surface area (TPSA) is 93.5 Å². The average Bonchev–Trinajstić information content (AvgIpc) is 3.47. The van der Waals surface area contributed by atoms with Crippen molar-refractivity contribution in [3.05, 3.63) is 66.5 Å². The highest BCUT2D eigenvalue weighted by molar-refractivity contribution is 7.90. The molecule has 5 rings (SSSR count). The Morgan fingerprint density at radius 1 is 1.12 bits per heavy atom. The van der Waals surface area contributed by atoms with Gasteiger partial charge in [0.25, 0.3) is 15.9 Å². The number of amides is 1. The number of benzene rings is 1. The fraction of sp³-hybridized carbons (Fsp3) is 0.448. The minimum Gasteiger partial charge on any atom is -0.492 e. The van der Waals surface area contributed by atoms with E-state index in [-0.39, 0.29) is 41.9 Å². The number of sulfonamides is 1. The summed E-state index contributed by atoms with van der Waals surface area (Å²) in [6.07, 6.45) is 0.0897. The van der Waals surface area contributed by atoms with Crippen LogP contribution in [0, 0.1) is 11.3 Å². The first kappa shape index (κ1) is 29.0. The highest BCUT2D eigenvalue weighted by atomic mass is 32.2. The Hall–Kier alpha value is -3.54. The molecular formula is C29H33F3N4O4S. The van der Waals surface area contributed by atoms with Gasteiger partial charge in [-0.25, -0.2) is 18.1 Å². The second-order valence-corrected chi connectivity index (χ2v) is 13.3. The Bertz CT molecular complexity index is 1530. The molecule has 1 aromatic carbocycles. The van der Waals surface area contributed by atoms with Crippen LogP contribution in [0.5, 0.6) is 5.75 Å². The molecule has 220 valence electrons. The summed E-state index contributed by atoms with van der Waals surface area (Å²) in [6, 6.07) is 12.4. The van der Waals surface area contributed by atoms with Crippen LogP contribution in [0.1, 0.15) is 56.8 Å². The minimum absolute atomic E-state index is 0.0303. The molecule has 8 nitrogen and oxygen atoms in total. The third kappa shape index (κ3) is 5.93. The maximum Gasteiger partial charge on any atom is 0.394 e. The van der Waals surface area contributed by atoms with Gasteiger partial charge in [0.15, 0.2) is 0 Å². The third-order valence-corrected chi connectivity index (χ3v) is 9.30. The molecule has 1 amide bonds. The van der Waals surface area contributed by atoms with Crippen molar-refractivity contribution in [1.82, 2.24) is 14.3 Å². The molecule has 41 heavy (non-hydrogen) atoms. The normalized spacial score (nSPS) is 19.7. The number of halogens is 3. The summed E-state index contributed by atoms with van der Waals surface area (Å²) in [5, 5.41) is 0. The number of carbonyl (C=O) groups excluding carboxylic acids is 1. The van der Waals surface area contributed by atoms with Crippen LogP contribution < -0.4 is 14.4 Å². The second-order valence-electron chi connectivity index (χ2n) is 11.7. The van der Waals surface area contributed by atoms with Crippen molar-refractivity contribution in [1.29, 1.82) is 0 Å². The molecule has 0 unspecified atom stereocenters. The number of ether oxygens (including phenoxy) is 1. The van der Waals surface area contributed by atoms with Crippen molar-refractivity contribution in [2.24, 2.45) is 11.3 Å². The lowest BCUT2D eigenvalue weighted by atomic mass is 9.97. The summed E-state index contributed by atoms with van der Waals surface area (Å²) in [4.78, 5) is 20.1. The molecule has 2 aliphatic rings. The van der Waals surface area contributed by atoms with Gasteiger partial charge in [0.1, 0.15) is 17.4 Å². The van der Waals surface area contributed by atoms with Crippen molar-refractivity contribution in [3.63, 3.8) is 0 Å². The molecule has 1 N–H and O–H groups in total. The molecule has 12 heteroatoms. The van der Waals surface area contributed by atoms with Gasteiger partial charge in [-0.1, -0.05) is 25.1 Å². The van der Waals surface area contributed by atoms with Crippen LogP contribution in [0.2, 0.25) is 0 Å². The number of anilines is 1. The molecular weight excluding hydrogens is 557 g/mol. The number of rotatable bonds is 9. The first-order valence-electron chi connectivity index (χ1n) is 13.5. The molecule has 1 atom stereocenters. The summed E-state index contributed by atoms with van der Waals surface area (Å²) < 4.78 is 74.9. The number of hydrogen-bond donors (Lipinski definition) is 1. The highest BCUT2D eigenvalue weighted by Gasteiger charge is 2.62. The zero-order valence-corrected chi connectivity index (χ0v) is 23.9. The van der Waals surface area contributed by atoms with Crippen LogP contribution >= 0.6 is 0 Å². The number of carbonyl (C=O) groups is 1. The van der Waals surface area contributed by atoms with Gasteiger partial charge in [0.05, 0.1) is 28.7 Å². The Labute approximate surface area is 237 Å². The van der Waals surface area contributed by atoms with E-state index in [0.717, 1.165) is 6.42 Å². The van der Waals surface area contributed by atoms with Gasteiger partial charge in [0.2, 0.25) is 0 Å². The maximum atomic E-state index is 13.4. The van der Waals surface area contributed by atoms with Crippen molar-refractivity contribution < 1.29 is 31.1 Å². The number of nitrogens with one attached hydrogen (secondary N) is 1. The van der Waals surface area contributed by atoms with E-state index in [0.29, 0.717) is 29.8 Å².